The van der Waals surface area contributed by atoms with Gasteiger partial charge in [0.1, 0.15) is 0 Å². The predicted octanol–water partition coefficient (Wildman–Crippen LogP) is 3.96. The number of carbonyl (C=O) groups excluding carboxylic acids is 1. The zero-order valence-electron chi connectivity index (χ0n) is 12.9. The predicted molar refractivity (Wildman–Crippen MR) is 88.8 cm³/mol. The van der Waals surface area contributed by atoms with Gasteiger partial charge in [0.15, 0.2) is 0 Å². The first-order valence-electron chi connectivity index (χ1n) is 8.26. The molecule has 1 amide bonds. The number of carbonyl (C=O) groups is 1. The van der Waals surface area contributed by atoms with E-state index in [1.165, 1.54) is 54.5 Å². The van der Waals surface area contributed by atoms with E-state index in [1.807, 2.05) is 0 Å². The molecule has 2 nitrogen and oxygen atoms in total. The highest BCUT2D eigenvalue weighted by Crippen LogP contribution is 2.28. The highest BCUT2D eigenvalue weighted by atomic mass is 32.2. The van der Waals surface area contributed by atoms with Crippen molar-refractivity contribution in [2.75, 3.05) is 5.75 Å². The van der Waals surface area contributed by atoms with Gasteiger partial charge in [0.2, 0.25) is 5.91 Å². The lowest BCUT2D eigenvalue weighted by atomic mass is 9.86. The molecule has 2 atom stereocenters. The summed E-state index contributed by atoms with van der Waals surface area (Å²) in [6.45, 7) is 2.26. The lowest BCUT2D eigenvalue weighted by Crippen LogP contribution is -2.41. The van der Waals surface area contributed by atoms with Gasteiger partial charge in [-0.05, 0) is 61.3 Å². The quantitative estimate of drug-likeness (QED) is 0.853. The molecule has 1 aromatic rings. The monoisotopic (exact) mass is 303 g/mol. The summed E-state index contributed by atoms with van der Waals surface area (Å²) in [5, 5.41) is 3.23. The van der Waals surface area contributed by atoms with Gasteiger partial charge in [-0.25, -0.2) is 0 Å². The van der Waals surface area contributed by atoms with Gasteiger partial charge in [-0.1, -0.05) is 25.8 Å². The molecule has 21 heavy (non-hydrogen) atoms. The number of benzene rings is 1. The fraction of sp³-hybridized carbons (Fsp3) is 0.611. The Bertz CT molecular complexity index is 514. The van der Waals surface area contributed by atoms with E-state index in [1.54, 1.807) is 11.8 Å². The van der Waals surface area contributed by atoms with Crippen LogP contribution in [0.4, 0.5) is 0 Å². The summed E-state index contributed by atoms with van der Waals surface area (Å²) in [4.78, 5) is 13.4. The van der Waals surface area contributed by atoms with Crippen molar-refractivity contribution < 1.29 is 4.79 Å². The number of rotatable bonds is 4. The second-order valence-corrected chi connectivity index (χ2v) is 7.56. The van der Waals surface area contributed by atoms with Crippen molar-refractivity contribution >= 4 is 17.7 Å². The van der Waals surface area contributed by atoms with E-state index in [-0.39, 0.29) is 5.91 Å². The molecule has 0 aromatic heterocycles. The van der Waals surface area contributed by atoms with Crippen molar-refractivity contribution in [3.05, 3.63) is 29.3 Å². The number of hydrogen-bond acceptors (Lipinski definition) is 2. The first-order chi connectivity index (χ1) is 10.2. The van der Waals surface area contributed by atoms with Crippen molar-refractivity contribution in [2.24, 2.45) is 5.92 Å². The van der Waals surface area contributed by atoms with Crippen LogP contribution in [-0.2, 0) is 17.6 Å². The van der Waals surface area contributed by atoms with Gasteiger partial charge in [-0.15, -0.1) is 11.8 Å². The van der Waals surface area contributed by atoms with Crippen LogP contribution in [0, 0.1) is 5.92 Å². The number of nitrogens with one attached hydrogen (secondary N) is 1. The van der Waals surface area contributed by atoms with Crippen molar-refractivity contribution in [3.8, 4) is 0 Å². The van der Waals surface area contributed by atoms with E-state index < -0.39 is 0 Å². The van der Waals surface area contributed by atoms with Gasteiger partial charge in [0.05, 0.1) is 5.75 Å². The summed E-state index contributed by atoms with van der Waals surface area (Å²) in [5.74, 6) is 1.37. The zero-order chi connectivity index (χ0) is 14.7. The van der Waals surface area contributed by atoms with E-state index in [0.717, 1.165) is 6.42 Å². The van der Waals surface area contributed by atoms with Gasteiger partial charge in [-0.3, -0.25) is 4.79 Å². The van der Waals surface area contributed by atoms with Crippen molar-refractivity contribution in [1.82, 2.24) is 5.32 Å². The van der Waals surface area contributed by atoms with E-state index in [0.29, 0.717) is 17.7 Å². The van der Waals surface area contributed by atoms with Crippen LogP contribution in [0.5, 0.6) is 0 Å². The molecule has 1 aromatic carbocycles. The van der Waals surface area contributed by atoms with Crippen LogP contribution < -0.4 is 5.32 Å². The molecular formula is C18H25NOS. The van der Waals surface area contributed by atoms with Crippen LogP contribution in [-0.4, -0.2) is 17.7 Å². The highest BCUT2D eigenvalue weighted by Gasteiger charge is 2.22. The molecule has 3 rings (SSSR count). The Morgan fingerprint density at radius 3 is 2.86 bits per heavy atom. The standard InChI is InChI=1S/C18H25NOS/c1-13-5-2-3-8-17(13)19-18(20)12-21-16-10-9-14-6-4-7-15(14)11-16/h9-11,13,17H,2-8,12H2,1H3,(H,19,20)/t13-,17-/m0/s1. The summed E-state index contributed by atoms with van der Waals surface area (Å²) in [6, 6.07) is 7.09. The molecule has 0 heterocycles. The Labute approximate surface area is 132 Å². The molecule has 0 aliphatic heterocycles. The first kappa shape index (κ1) is 15.0. The van der Waals surface area contributed by atoms with Gasteiger partial charge in [-0.2, -0.15) is 0 Å². The third-order valence-electron chi connectivity index (χ3n) is 4.90. The first-order valence-corrected chi connectivity index (χ1v) is 9.25. The Hall–Kier alpha value is -0.960. The van der Waals surface area contributed by atoms with E-state index >= 15 is 0 Å². The maximum atomic E-state index is 12.1. The average Bonchev–Trinajstić information content (AvgIpc) is 2.95. The Morgan fingerprint density at radius 1 is 1.19 bits per heavy atom. The molecule has 0 bridgehead atoms. The normalized spacial score (nSPS) is 24.6. The molecule has 114 valence electrons. The van der Waals surface area contributed by atoms with Crippen LogP contribution in [0.15, 0.2) is 23.1 Å². The molecule has 0 radical (unpaired) electrons. The third kappa shape index (κ3) is 3.82. The van der Waals surface area contributed by atoms with Crippen molar-refractivity contribution in [1.29, 1.82) is 0 Å². The van der Waals surface area contributed by atoms with E-state index in [2.05, 4.69) is 30.4 Å². The van der Waals surface area contributed by atoms with Crippen LogP contribution in [0.25, 0.3) is 0 Å². The van der Waals surface area contributed by atoms with Gasteiger partial charge in [0, 0.05) is 10.9 Å². The summed E-state index contributed by atoms with van der Waals surface area (Å²) < 4.78 is 0. The molecule has 1 N–H and O–H groups in total. The smallest absolute Gasteiger partial charge is 0.230 e. The van der Waals surface area contributed by atoms with Crippen molar-refractivity contribution in [2.45, 2.75) is 62.8 Å². The van der Waals surface area contributed by atoms with Crippen LogP contribution in [0.2, 0.25) is 0 Å². The minimum absolute atomic E-state index is 0.194. The molecule has 3 heteroatoms. The molecular weight excluding hydrogens is 278 g/mol. The molecule has 0 unspecified atom stereocenters. The number of amides is 1. The fourth-order valence-electron chi connectivity index (χ4n) is 3.57. The molecule has 0 saturated heterocycles. The molecule has 1 fully saturated rings. The zero-order valence-corrected chi connectivity index (χ0v) is 13.7. The summed E-state index contributed by atoms with van der Waals surface area (Å²) >= 11 is 1.67. The Balaban J connectivity index is 1.49. The highest BCUT2D eigenvalue weighted by molar-refractivity contribution is 8.00. The number of hydrogen-bond donors (Lipinski definition) is 1. The topological polar surface area (TPSA) is 29.1 Å². The van der Waals surface area contributed by atoms with Crippen LogP contribution in [0.1, 0.15) is 50.2 Å². The van der Waals surface area contributed by atoms with Crippen LogP contribution >= 0.6 is 11.8 Å². The third-order valence-corrected chi connectivity index (χ3v) is 5.89. The maximum absolute atomic E-state index is 12.1. The van der Waals surface area contributed by atoms with Gasteiger partial charge < -0.3 is 5.32 Å². The Morgan fingerprint density at radius 2 is 2.00 bits per heavy atom. The minimum atomic E-state index is 0.194. The summed E-state index contributed by atoms with van der Waals surface area (Å²) in [6.07, 6.45) is 8.68. The second-order valence-electron chi connectivity index (χ2n) is 6.51. The SMILES string of the molecule is C[C@H]1CCCC[C@@H]1NC(=O)CSc1ccc2c(c1)CCC2. The summed E-state index contributed by atoms with van der Waals surface area (Å²) in [7, 11) is 0. The van der Waals surface area contributed by atoms with E-state index in [4.69, 9.17) is 0 Å². The largest absolute Gasteiger partial charge is 0.352 e. The molecule has 1 saturated carbocycles. The van der Waals surface area contributed by atoms with Crippen molar-refractivity contribution in [3.63, 3.8) is 0 Å². The van der Waals surface area contributed by atoms with E-state index in [9.17, 15) is 4.79 Å². The lowest BCUT2D eigenvalue weighted by Gasteiger charge is -2.29. The Kier molecular flexibility index (Phi) is 4.89. The minimum Gasteiger partial charge on any atom is -0.352 e. The number of aryl methyl sites for hydroxylation is 2. The number of thioether (sulfide) groups is 1. The second kappa shape index (κ2) is 6.87. The van der Waals surface area contributed by atoms with Crippen LogP contribution in [0.3, 0.4) is 0 Å². The summed E-state index contributed by atoms with van der Waals surface area (Å²) in [5.41, 5.74) is 2.99. The lowest BCUT2D eigenvalue weighted by molar-refractivity contribution is -0.119. The molecule has 2 aliphatic rings. The van der Waals surface area contributed by atoms with Gasteiger partial charge in [0.25, 0.3) is 0 Å². The maximum Gasteiger partial charge on any atom is 0.230 e. The molecule has 2 aliphatic carbocycles. The average molecular weight is 303 g/mol. The molecule has 0 spiro atoms. The number of fused-ring (bicyclic) bond motifs is 1. The fourth-order valence-corrected chi connectivity index (χ4v) is 4.34. The van der Waals surface area contributed by atoms with Gasteiger partial charge >= 0.3 is 0 Å².